The summed E-state index contributed by atoms with van der Waals surface area (Å²) in [6.45, 7) is 12.9. The van der Waals surface area contributed by atoms with E-state index >= 15 is 0 Å². The highest BCUT2D eigenvalue weighted by atomic mass is 16.5. The summed E-state index contributed by atoms with van der Waals surface area (Å²) in [5.41, 5.74) is -1.72. The first-order chi connectivity index (χ1) is 16.4. The van der Waals surface area contributed by atoms with Crippen LogP contribution in [0.25, 0.3) is 0 Å². The quantitative estimate of drug-likeness (QED) is 0.422. The van der Waals surface area contributed by atoms with Crippen LogP contribution in [0.15, 0.2) is 36.0 Å². The van der Waals surface area contributed by atoms with Crippen LogP contribution in [0.3, 0.4) is 0 Å². The average Bonchev–Trinajstić information content (AvgIpc) is 3.02. The molecule has 0 aromatic rings. The average molecular weight is 486 g/mol. The van der Waals surface area contributed by atoms with Crippen LogP contribution in [0.5, 0.6) is 0 Å². The number of aliphatic hydroxyl groups excluding tert-OH is 1. The molecule has 35 heavy (non-hydrogen) atoms. The SMILES string of the molecule is C=C1CC2C3CCC4=CC(=O)C=CC4(C)C3C(O)CC2(C)C1(O)C(=O)COC(=O)CN(CC)CC. The molecule has 7 heteroatoms. The standard InChI is InChI=1S/C28H39NO6/c1-6-29(7-2)15-24(33)35-16-23(32)28(34)17(3)12-21-20-9-8-18-13-19(30)10-11-26(18,4)25(20)22(31)14-27(21,28)5/h10-11,13,20-22,25,31,34H,3,6-9,12,14-16H2,1-2,4-5H3. The van der Waals surface area contributed by atoms with Crippen LogP contribution in [0, 0.1) is 28.6 Å². The van der Waals surface area contributed by atoms with E-state index in [9.17, 15) is 24.6 Å². The fourth-order valence-electron chi connectivity index (χ4n) is 7.72. The molecule has 3 fully saturated rings. The van der Waals surface area contributed by atoms with Gasteiger partial charge in [0.1, 0.15) is 0 Å². The number of hydrogen-bond donors (Lipinski definition) is 2. The molecule has 7 nitrogen and oxygen atoms in total. The van der Waals surface area contributed by atoms with E-state index in [2.05, 4.69) is 13.5 Å². The first-order valence-corrected chi connectivity index (χ1v) is 12.9. The van der Waals surface area contributed by atoms with Gasteiger partial charge in [-0.3, -0.25) is 19.3 Å². The summed E-state index contributed by atoms with van der Waals surface area (Å²) in [5, 5.41) is 23.3. The number of Topliss-reactive ketones (excluding diaryl/α,β-unsaturated/α-hetero) is 1. The third-order valence-electron chi connectivity index (χ3n) is 9.71. The predicted octanol–water partition coefficient (Wildman–Crippen LogP) is 2.62. The lowest BCUT2D eigenvalue weighted by atomic mass is 9.46. The number of hydrogen-bond acceptors (Lipinski definition) is 7. The normalized spacial score (nSPS) is 40.1. The molecule has 4 aliphatic rings. The summed E-state index contributed by atoms with van der Waals surface area (Å²) in [5.74, 6) is -1.19. The van der Waals surface area contributed by atoms with Crippen LogP contribution in [-0.4, -0.2) is 70.6 Å². The van der Waals surface area contributed by atoms with Gasteiger partial charge in [0.25, 0.3) is 0 Å². The highest BCUT2D eigenvalue weighted by molar-refractivity contribution is 6.01. The molecular formula is C28H39NO6. The highest BCUT2D eigenvalue weighted by Gasteiger charge is 2.69. The van der Waals surface area contributed by atoms with Gasteiger partial charge in [-0.05, 0) is 68.3 Å². The van der Waals surface area contributed by atoms with Gasteiger partial charge >= 0.3 is 5.97 Å². The van der Waals surface area contributed by atoms with Gasteiger partial charge in [0.15, 0.2) is 18.0 Å². The first-order valence-electron chi connectivity index (χ1n) is 12.9. The third kappa shape index (κ3) is 3.87. The van der Waals surface area contributed by atoms with Crippen LogP contribution in [-0.2, 0) is 19.1 Å². The molecule has 0 spiro atoms. The second-order valence-corrected chi connectivity index (χ2v) is 11.3. The van der Waals surface area contributed by atoms with Crippen molar-refractivity contribution in [3.05, 3.63) is 36.0 Å². The molecule has 7 atom stereocenters. The molecular weight excluding hydrogens is 446 g/mol. The van der Waals surface area contributed by atoms with E-state index < -0.39 is 40.9 Å². The maximum absolute atomic E-state index is 13.4. The predicted molar refractivity (Wildman–Crippen MR) is 131 cm³/mol. The molecule has 0 radical (unpaired) electrons. The van der Waals surface area contributed by atoms with Gasteiger partial charge in [-0.2, -0.15) is 0 Å². The van der Waals surface area contributed by atoms with Crippen molar-refractivity contribution < 1.29 is 29.3 Å². The van der Waals surface area contributed by atoms with Crippen LogP contribution >= 0.6 is 0 Å². The molecule has 3 saturated carbocycles. The Balaban J connectivity index is 1.57. The number of carbonyl (C=O) groups is 3. The minimum atomic E-state index is -1.87. The van der Waals surface area contributed by atoms with Crippen molar-refractivity contribution in [2.24, 2.45) is 28.6 Å². The second-order valence-electron chi connectivity index (χ2n) is 11.3. The lowest BCUT2D eigenvalue weighted by Gasteiger charge is -2.59. The van der Waals surface area contributed by atoms with Crippen molar-refractivity contribution in [1.29, 1.82) is 0 Å². The van der Waals surface area contributed by atoms with E-state index in [-0.39, 0.29) is 36.5 Å². The fraction of sp³-hybridized carbons (Fsp3) is 0.679. The van der Waals surface area contributed by atoms with E-state index in [4.69, 9.17) is 4.74 Å². The Morgan fingerprint density at radius 3 is 2.60 bits per heavy atom. The number of fused-ring (bicyclic) bond motifs is 5. The van der Waals surface area contributed by atoms with Gasteiger partial charge in [-0.15, -0.1) is 0 Å². The van der Waals surface area contributed by atoms with E-state index in [1.165, 1.54) is 0 Å². The van der Waals surface area contributed by atoms with Crippen molar-refractivity contribution in [1.82, 2.24) is 4.90 Å². The van der Waals surface area contributed by atoms with Crippen molar-refractivity contribution in [2.45, 2.75) is 65.1 Å². The number of ketones is 2. The van der Waals surface area contributed by atoms with Crippen molar-refractivity contribution in [3.8, 4) is 0 Å². The topological polar surface area (TPSA) is 104 Å². The van der Waals surface area contributed by atoms with E-state index in [0.717, 1.165) is 18.4 Å². The third-order valence-corrected chi connectivity index (χ3v) is 9.71. The molecule has 7 unspecified atom stereocenters. The van der Waals surface area contributed by atoms with Gasteiger partial charge in [0, 0.05) is 16.7 Å². The zero-order valence-electron chi connectivity index (χ0n) is 21.4. The maximum Gasteiger partial charge on any atom is 0.320 e. The summed E-state index contributed by atoms with van der Waals surface area (Å²) in [6, 6.07) is 0. The number of nitrogens with zero attached hydrogens (tertiary/aromatic N) is 1. The van der Waals surface area contributed by atoms with Gasteiger partial charge in [-0.1, -0.05) is 45.9 Å². The molecule has 0 amide bonds. The van der Waals surface area contributed by atoms with Crippen LogP contribution < -0.4 is 0 Å². The Bertz CT molecular complexity index is 995. The molecule has 0 aromatic carbocycles. The van der Waals surface area contributed by atoms with Crippen LogP contribution in [0.4, 0.5) is 0 Å². The first kappa shape index (κ1) is 26.0. The molecule has 0 aliphatic heterocycles. The van der Waals surface area contributed by atoms with E-state index in [0.29, 0.717) is 25.1 Å². The van der Waals surface area contributed by atoms with Gasteiger partial charge in [0.2, 0.25) is 5.78 Å². The number of allylic oxidation sites excluding steroid dienone is 4. The molecule has 192 valence electrons. The lowest BCUT2D eigenvalue weighted by molar-refractivity contribution is -0.176. The van der Waals surface area contributed by atoms with E-state index in [1.807, 2.05) is 31.7 Å². The van der Waals surface area contributed by atoms with Crippen LogP contribution in [0.2, 0.25) is 0 Å². The maximum atomic E-state index is 13.4. The number of carbonyl (C=O) groups excluding carboxylic acids is 3. The highest BCUT2D eigenvalue weighted by Crippen LogP contribution is 2.68. The minimum Gasteiger partial charge on any atom is -0.457 e. The number of likely N-dealkylation sites (N-methyl/N-ethyl adjacent to an activating group) is 1. The summed E-state index contributed by atoms with van der Waals surface area (Å²) in [4.78, 5) is 39.6. The Kier molecular flexibility index (Phi) is 6.75. The van der Waals surface area contributed by atoms with Gasteiger partial charge < -0.3 is 14.9 Å². The number of esters is 1. The molecule has 0 bridgehead atoms. The van der Waals surface area contributed by atoms with Crippen molar-refractivity contribution >= 4 is 17.5 Å². The molecule has 4 rings (SSSR count). The molecule has 2 N–H and O–H groups in total. The van der Waals surface area contributed by atoms with Gasteiger partial charge in [0.05, 0.1) is 12.6 Å². The summed E-state index contributed by atoms with van der Waals surface area (Å²) >= 11 is 0. The molecule has 0 saturated heterocycles. The summed E-state index contributed by atoms with van der Waals surface area (Å²) < 4.78 is 5.28. The van der Waals surface area contributed by atoms with Crippen LogP contribution in [0.1, 0.15) is 53.4 Å². The Morgan fingerprint density at radius 1 is 1.26 bits per heavy atom. The number of ether oxygens (including phenoxy) is 1. The summed E-state index contributed by atoms with van der Waals surface area (Å²) in [7, 11) is 0. The lowest BCUT2D eigenvalue weighted by Crippen LogP contribution is -2.62. The number of rotatable bonds is 7. The molecule has 4 aliphatic carbocycles. The monoisotopic (exact) mass is 485 g/mol. The fourth-order valence-corrected chi connectivity index (χ4v) is 7.72. The van der Waals surface area contributed by atoms with Crippen molar-refractivity contribution in [2.75, 3.05) is 26.2 Å². The zero-order valence-corrected chi connectivity index (χ0v) is 21.4. The largest absolute Gasteiger partial charge is 0.457 e. The summed E-state index contributed by atoms with van der Waals surface area (Å²) in [6.07, 6.45) is 6.71. The number of aliphatic hydroxyl groups is 2. The Morgan fingerprint density at radius 2 is 1.94 bits per heavy atom. The molecule has 0 aromatic heterocycles. The minimum absolute atomic E-state index is 0.0178. The second kappa shape index (κ2) is 9.09. The molecule has 0 heterocycles. The van der Waals surface area contributed by atoms with Gasteiger partial charge in [-0.25, -0.2) is 0 Å². The van der Waals surface area contributed by atoms with E-state index in [1.54, 1.807) is 12.2 Å². The van der Waals surface area contributed by atoms with Crippen molar-refractivity contribution in [3.63, 3.8) is 0 Å². The zero-order chi connectivity index (χ0) is 25.8. The smallest absolute Gasteiger partial charge is 0.320 e. The Labute approximate surface area is 207 Å². The Hall–Kier alpha value is -2.09.